The molecule has 9 heteroatoms. The molecule has 1 heterocycles. The van der Waals surface area contributed by atoms with Crippen LogP contribution in [0.1, 0.15) is 5.56 Å². The van der Waals surface area contributed by atoms with Gasteiger partial charge in [0.25, 0.3) is 0 Å². The molecular formula is C21H20N6O3. The van der Waals surface area contributed by atoms with Crippen LogP contribution in [-0.2, 0) is 6.54 Å². The maximum Gasteiger partial charge on any atom is 0.323 e. The van der Waals surface area contributed by atoms with Gasteiger partial charge in [-0.15, -0.1) is 0 Å². The van der Waals surface area contributed by atoms with Gasteiger partial charge in [0.05, 0.1) is 10.6 Å². The molecule has 2 N–H and O–H groups in total. The first-order valence-electron chi connectivity index (χ1n) is 9.29. The molecule has 0 bridgehead atoms. The second-order valence-electron chi connectivity index (χ2n) is 6.94. The van der Waals surface area contributed by atoms with Crippen molar-refractivity contribution >= 4 is 39.5 Å². The Bertz CT molecular complexity index is 1170. The van der Waals surface area contributed by atoms with Crippen LogP contribution in [0.5, 0.6) is 0 Å². The van der Waals surface area contributed by atoms with Gasteiger partial charge < -0.3 is 15.5 Å². The number of anilines is 4. The summed E-state index contributed by atoms with van der Waals surface area (Å²) in [7, 11) is 3.93. The van der Waals surface area contributed by atoms with E-state index in [1.54, 1.807) is 6.07 Å². The first-order valence-corrected chi connectivity index (χ1v) is 9.29. The van der Waals surface area contributed by atoms with Gasteiger partial charge in [-0.2, -0.15) is 0 Å². The van der Waals surface area contributed by atoms with Crippen LogP contribution in [0.15, 0.2) is 65.3 Å². The third-order valence-electron chi connectivity index (χ3n) is 4.68. The molecule has 0 saturated carbocycles. The molecule has 0 saturated heterocycles. The van der Waals surface area contributed by atoms with E-state index in [2.05, 4.69) is 20.9 Å². The van der Waals surface area contributed by atoms with E-state index in [4.69, 9.17) is 4.63 Å². The summed E-state index contributed by atoms with van der Waals surface area (Å²) < 4.78 is 4.82. The highest BCUT2D eigenvalue weighted by Gasteiger charge is 2.26. The van der Waals surface area contributed by atoms with E-state index in [0.29, 0.717) is 23.4 Å². The number of benzene rings is 3. The third kappa shape index (κ3) is 3.86. The number of hydrogen-bond acceptors (Lipinski definition) is 8. The molecule has 0 aliphatic carbocycles. The molecule has 0 aliphatic rings. The maximum absolute atomic E-state index is 11.7. The lowest BCUT2D eigenvalue weighted by Crippen LogP contribution is -2.08. The Kier molecular flexibility index (Phi) is 5.17. The highest BCUT2D eigenvalue weighted by atomic mass is 16.6. The van der Waals surface area contributed by atoms with Crippen molar-refractivity contribution in [3.63, 3.8) is 0 Å². The Labute approximate surface area is 172 Å². The van der Waals surface area contributed by atoms with Crippen LogP contribution >= 0.6 is 0 Å². The fourth-order valence-corrected chi connectivity index (χ4v) is 3.14. The predicted octanol–water partition coefficient (Wildman–Crippen LogP) is 4.55. The van der Waals surface area contributed by atoms with Crippen molar-refractivity contribution in [2.75, 3.05) is 29.6 Å². The van der Waals surface area contributed by atoms with Gasteiger partial charge in [-0.25, -0.2) is 4.63 Å². The summed E-state index contributed by atoms with van der Waals surface area (Å²) >= 11 is 0. The van der Waals surface area contributed by atoms with Crippen LogP contribution in [0.25, 0.3) is 11.0 Å². The van der Waals surface area contributed by atoms with Gasteiger partial charge in [0.2, 0.25) is 5.52 Å². The van der Waals surface area contributed by atoms with E-state index in [-0.39, 0.29) is 11.2 Å². The first-order chi connectivity index (χ1) is 14.5. The van der Waals surface area contributed by atoms with E-state index < -0.39 is 4.92 Å². The number of nitrogens with one attached hydrogen (secondary N) is 2. The number of hydrogen-bond donors (Lipinski definition) is 2. The van der Waals surface area contributed by atoms with Crippen LogP contribution in [0.2, 0.25) is 0 Å². The molecule has 0 spiro atoms. The lowest BCUT2D eigenvalue weighted by molar-refractivity contribution is -0.382. The standard InChI is InChI=1S/C21H20N6O3/c1-26(2)16-10-8-15(9-11-16)23-17-12-18(22-13-14-6-4-3-5-7-14)21(27(28)29)20-19(17)24-30-25-20/h3-12,22-23H,13H2,1-2H3. The minimum atomic E-state index is -0.477. The van der Waals surface area contributed by atoms with Gasteiger partial charge in [0.15, 0.2) is 5.52 Å². The number of nitro benzene ring substituents is 1. The van der Waals surface area contributed by atoms with Crippen molar-refractivity contribution in [1.82, 2.24) is 10.3 Å². The van der Waals surface area contributed by atoms with Crippen molar-refractivity contribution in [1.29, 1.82) is 0 Å². The molecule has 4 aromatic rings. The second-order valence-corrected chi connectivity index (χ2v) is 6.94. The maximum atomic E-state index is 11.7. The molecular weight excluding hydrogens is 384 g/mol. The summed E-state index contributed by atoms with van der Waals surface area (Å²) in [6, 6.07) is 19.1. The summed E-state index contributed by atoms with van der Waals surface area (Å²) in [5.41, 5.74) is 3.98. The normalized spacial score (nSPS) is 10.7. The van der Waals surface area contributed by atoms with Crippen LogP contribution in [-0.4, -0.2) is 29.3 Å². The number of rotatable bonds is 7. The Morgan fingerprint density at radius 2 is 1.70 bits per heavy atom. The molecule has 0 unspecified atom stereocenters. The third-order valence-corrected chi connectivity index (χ3v) is 4.68. The fraction of sp³-hybridized carbons (Fsp3) is 0.143. The number of nitrogens with zero attached hydrogens (tertiary/aromatic N) is 4. The molecule has 30 heavy (non-hydrogen) atoms. The summed E-state index contributed by atoms with van der Waals surface area (Å²) in [5, 5.41) is 25.8. The van der Waals surface area contributed by atoms with Gasteiger partial charge in [-0.1, -0.05) is 30.3 Å². The summed E-state index contributed by atoms with van der Waals surface area (Å²) in [6.45, 7) is 0.426. The zero-order chi connectivity index (χ0) is 21.1. The summed E-state index contributed by atoms with van der Waals surface area (Å²) in [4.78, 5) is 13.3. The van der Waals surface area contributed by atoms with E-state index in [1.807, 2.05) is 73.6 Å². The van der Waals surface area contributed by atoms with Crippen LogP contribution in [0, 0.1) is 10.1 Å². The van der Waals surface area contributed by atoms with Crippen LogP contribution < -0.4 is 15.5 Å². The molecule has 0 radical (unpaired) electrons. The van der Waals surface area contributed by atoms with Crippen molar-refractivity contribution in [3.05, 3.63) is 76.3 Å². The Morgan fingerprint density at radius 1 is 1.00 bits per heavy atom. The van der Waals surface area contributed by atoms with E-state index in [1.165, 1.54) is 0 Å². The molecule has 152 valence electrons. The second kappa shape index (κ2) is 8.08. The van der Waals surface area contributed by atoms with Crippen molar-refractivity contribution in [2.45, 2.75) is 6.54 Å². The number of aromatic nitrogens is 2. The topological polar surface area (TPSA) is 109 Å². The molecule has 9 nitrogen and oxygen atoms in total. The summed E-state index contributed by atoms with van der Waals surface area (Å²) in [6.07, 6.45) is 0. The molecule has 0 atom stereocenters. The van der Waals surface area contributed by atoms with Crippen molar-refractivity contribution < 1.29 is 9.55 Å². The molecule has 3 aromatic carbocycles. The molecule has 0 aliphatic heterocycles. The average Bonchev–Trinajstić information content (AvgIpc) is 3.23. The van der Waals surface area contributed by atoms with E-state index >= 15 is 0 Å². The average molecular weight is 404 g/mol. The largest absolute Gasteiger partial charge is 0.378 e. The van der Waals surface area contributed by atoms with Gasteiger partial charge in [0.1, 0.15) is 5.69 Å². The van der Waals surface area contributed by atoms with E-state index in [0.717, 1.165) is 16.9 Å². The lowest BCUT2D eigenvalue weighted by atomic mass is 10.1. The highest BCUT2D eigenvalue weighted by Crippen LogP contribution is 2.38. The Morgan fingerprint density at radius 3 is 2.37 bits per heavy atom. The highest BCUT2D eigenvalue weighted by molar-refractivity contribution is 6.00. The molecule has 0 fully saturated rings. The monoisotopic (exact) mass is 404 g/mol. The Hall–Kier alpha value is -4.14. The first kappa shape index (κ1) is 19.2. The SMILES string of the molecule is CN(C)c1ccc(Nc2cc(NCc3ccccc3)c([N+](=O)[O-])c3nonc23)cc1. The lowest BCUT2D eigenvalue weighted by Gasteiger charge is -2.14. The smallest absolute Gasteiger partial charge is 0.323 e. The fourth-order valence-electron chi connectivity index (χ4n) is 3.14. The molecule has 4 rings (SSSR count). The number of nitro groups is 1. The molecule has 0 amide bonds. The van der Waals surface area contributed by atoms with Gasteiger partial charge in [-0.3, -0.25) is 10.1 Å². The zero-order valence-electron chi connectivity index (χ0n) is 16.5. The van der Waals surface area contributed by atoms with Gasteiger partial charge in [-0.05, 0) is 46.2 Å². The van der Waals surface area contributed by atoms with Gasteiger partial charge >= 0.3 is 5.69 Å². The van der Waals surface area contributed by atoms with Crippen molar-refractivity contribution in [3.8, 4) is 0 Å². The minimum Gasteiger partial charge on any atom is -0.378 e. The van der Waals surface area contributed by atoms with Crippen molar-refractivity contribution in [2.24, 2.45) is 0 Å². The Balaban J connectivity index is 1.71. The van der Waals surface area contributed by atoms with Crippen LogP contribution in [0.4, 0.5) is 28.4 Å². The molecule has 1 aromatic heterocycles. The minimum absolute atomic E-state index is 0.0884. The van der Waals surface area contributed by atoms with Gasteiger partial charge in [0, 0.05) is 32.0 Å². The quantitative estimate of drug-likeness (QED) is 0.341. The van der Waals surface area contributed by atoms with Crippen LogP contribution in [0.3, 0.4) is 0 Å². The zero-order valence-corrected chi connectivity index (χ0v) is 16.5. The number of fused-ring (bicyclic) bond motifs is 1. The van der Waals surface area contributed by atoms with E-state index in [9.17, 15) is 10.1 Å². The predicted molar refractivity (Wildman–Crippen MR) is 116 cm³/mol. The summed E-state index contributed by atoms with van der Waals surface area (Å²) in [5.74, 6) is 0.